The molecular formula is C14H25N3O2. The van der Waals surface area contributed by atoms with Crippen molar-refractivity contribution in [3.05, 3.63) is 17.5 Å². The fourth-order valence-electron chi connectivity index (χ4n) is 2.62. The van der Waals surface area contributed by atoms with Crippen molar-refractivity contribution in [2.45, 2.75) is 47.1 Å². The van der Waals surface area contributed by atoms with E-state index in [1.807, 2.05) is 38.4 Å². The van der Waals surface area contributed by atoms with Crippen molar-refractivity contribution in [1.29, 1.82) is 0 Å². The van der Waals surface area contributed by atoms with E-state index in [1.54, 1.807) is 0 Å². The zero-order chi connectivity index (χ0) is 14.6. The van der Waals surface area contributed by atoms with Gasteiger partial charge in [0.25, 0.3) is 0 Å². The first-order valence-corrected chi connectivity index (χ1v) is 6.81. The SMILES string of the molecule is CCn1nc(C)cc1CC(CN)(CC(C)C)C(=O)O. The molecule has 19 heavy (non-hydrogen) atoms. The molecule has 0 saturated carbocycles. The number of nitrogens with two attached hydrogens (primary N) is 1. The lowest BCUT2D eigenvalue weighted by molar-refractivity contribution is -0.149. The lowest BCUT2D eigenvalue weighted by atomic mass is 9.76. The van der Waals surface area contributed by atoms with Crippen LogP contribution in [0.4, 0.5) is 0 Å². The van der Waals surface area contributed by atoms with Crippen LogP contribution in [0.5, 0.6) is 0 Å². The van der Waals surface area contributed by atoms with E-state index in [-0.39, 0.29) is 6.54 Å². The summed E-state index contributed by atoms with van der Waals surface area (Å²) in [7, 11) is 0. The standard InChI is InChI=1S/C14H25N3O2/c1-5-17-12(6-11(4)16-17)8-14(9-15,13(18)19)7-10(2)3/h6,10H,5,7-9,15H2,1-4H3,(H,18,19). The predicted molar refractivity (Wildman–Crippen MR) is 74.9 cm³/mol. The van der Waals surface area contributed by atoms with E-state index >= 15 is 0 Å². The molecule has 0 aromatic carbocycles. The molecule has 0 bridgehead atoms. The Kier molecular flexibility index (Phi) is 5.11. The topological polar surface area (TPSA) is 81.1 Å². The Morgan fingerprint density at radius 1 is 1.58 bits per heavy atom. The molecule has 0 aliphatic rings. The number of aliphatic carboxylic acids is 1. The summed E-state index contributed by atoms with van der Waals surface area (Å²) in [6.45, 7) is 8.86. The third kappa shape index (κ3) is 3.56. The average Bonchev–Trinajstić information content (AvgIpc) is 2.67. The van der Waals surface area contributed by atoms with Gasteiger partial charge in [0.15, 0.2) is 0 Å². The van der Waals surface area contributed by atoms with E-state index in [0.29, 0.717) is 18.8 Å². The van der Waals surface area contributed by atoms with Gasteiger partial charge in [-0.1, -0.05) is 13.8 Å². The van der Waals surface area contributed by atoms with Gasteiger partial charge >= 0.3 is 5.97 Å². The van der Waals surface area contributed by atoms with Gasteiger partial charge in [-0.25, -0.2) is 0 Å². The maximum atomic E-state index is 11.7. The molecule has 1 rings (SSSR count). The molecule has 0 saturated heterocycles. The Hall–Kier alpha value is -1.36. The number of aromatic nitrogens is 2. The molecule has 1 aromatic heterocycles. The normalized spacial score (nSPS) is 14.6. The first-order chi connectivity index (χ1) is 8.84. The number of carboxylic acids is 1. The van der Waals surface area contributed by atoms with Gasteiger partial charge in [0.2, 0.25) is 0 Å². The second-order valence-electron chi connectivity index (χ2n) is 5.66. The summed E-state index contributed by atoms with van der Waals surface area (Å²) in [5.74, 6) is -0.524. The molecule has 0 aliphatic heterocycles. The van der Waals surface area contributed by atoms with E-state index in [1.165, 1.54) is 0 Å². The van der Waals surface area contributed by atoms with Crippen LogP contribution in [0.25, 0.3) is 0 Å². The Morgan fingerprint density at radius 3 is 2.63 bits per heavy atom. The summed E-state index contributed by atoms with van der Waals surface area (Å²) in [6.07, 6.45) is 1.01. The maximum Gasteiger partial charge on any atom is 0.311 e. The van der Waals surface area contributed by atoms with Crippen LogP contribution in [0.1, 0.15) is 38.6 Å². The van der Waals surface area contributed by atoms with E-state index in [2.05, 4.69) is 5.10 Å². The second-order valence-corrected chi connectivity index (χ2v) is 5.66. The van der Waals surface area contributed by atoms with Gasteiger partial charge in [-0.3, -0.25) is 9.48 Å². The molecule has 1 atom stereocenters. The van der Waals surface area contributed by atoms with Crippen LogP contribution in [0.3, 0.4) is 0 Å². The molecule has 5 heteroatoms. The summed E-state index contributed by atoms with van der Waals surface area (Å²) in [4.78, 5) is 11.7. The molecule has 1 aromatic rings. The van der Waals surface area contributed by atoms with Crippen LogP contribution in [0.15, 0.2) is 6.07 Å². The molecule has 0 amide bonds. The largest absolute Gasteiger partial charge is 0.481 e. The lowest BCUT2D eigenvalue weighted by Crippen LogP contribution is -2.42. The monoisotopic (exact) mass is 267 g/mol. The molecule has 3 N–H and O–H groups in total. The molecule has 5 nitrogen and oxygen atoms in total. The first kappa shape index (κ1) is 15.7. The smallest absolute Gasteiger partial charge is 0.311 e. The fraction of sp³-hybridized carbons (Fsp3) is 0.714. The molecule has 0 radical (unpaired) electrons. The van der Waals surface area contributed by atoms with Gasteiger partial charge in [0.05, 0.1) is 11.1 Å². The van der Waals surface area contributed by atoms with Gasteiger partial charge in [-0.05, 0) is 32.3 Å². The minimum atomic E-state index is -0.895. The number of rotatable bonds is 7. The minimum Gasteiger partial charge on any atom is -0.481 e. The highest BCUT2D eigenvalue weighted by atomic mass is 16.4. The molecule has 0 aliphatic carbocycles. The van der Waals surface area contributed by atoms with Crippen LogP contribution < -0.4 is 5.73 Å². The highest BCUT2D eigenvalue weighted by molar-refractivity contribution is 5.75. The molecular weight excluding hydrogens is 242 g/mol. The number of aryl methyl sites for hydroxylation is 2. The van der Waals surface area contributed by atoms with E-state index in [9.17, 15) is 9.90 Å². The van der Waals surface area contributed by atoms with Crippen molar-refractivity contribution in [3.63, 3.8) is 0 Å². The number of nitrogens with zero attached hydrogens (tertiary/aromatic N) is 2. The maximum absolute atomic E-state index is 11.7. The molecule has 1 unspecified atom stereocenters. The van der Waals surface area contributed by atoms with Crippen LogP contribution >= 0.6 is 0 Å². The van der Waals surface area contributed by atoms with Crippen molar-refractivity contribution in [2.75, 3.05) is 6.54 Å². The van der Waals surface area contributed by atoms with Crippen molar-refractivity contribution in [1.82, 2.24) is 9.78 Å². The van der Waals surface area contributed by atoms with Crippen LogP contribution in [0, 0.1) is 18.3 Å². The van der Waals surface area contributed by atoms with Crippen molar-refractivity contribution >= 4 is 5.97 Å². The average molecular weight is 267 g/mol. The zero-order valence-corrected chi connectivity index (χ0v) is 12.3. The van der Waals surface area contributed by atoms with Gasteiger partial charge < -0.3 is 10.8 Å². The summed E-state index contributed by atoms with van der Waals surface area (Å²) in [6, 6.07) is 1.96. The summed E-state index contributed by atoms with van der Waals surface area (Å²) < 4.78 is 1.86. The highest BCUT2D eigenvalue weighted by Gasteiger charge is 2.38. The molecule has 0 fully saturated rings. The van der Waals surface area contributed by atoms with E-state index in [4.69, 9.17) is 5.73 Å². The minimum absolute atomic E-state index is 0.147. The molecule has 0 spiro atoms. The zero-order valence-electron chi connectivity index (χ0n) is 12.3. The summed E-state index contributed by atoms with van der Waals surface area (Å²) in [5.41, 5.74) is 6.76. The highest BCUT2D eigenvalue weighted by Crippen LogP contribution is 2.30. The van der Waals surface area contributed by atoms with Crippen molar-refractivity contribution < 1.29 is 9.90 Å². The number of hydrogen-bond acceptors (Lipinski definition) is 3. The van der Waals surface area contributed by atoms with E-state index < -0.39 is 11.4 Å². The van der Waals surface area contributed by atoms with Crippen LogP contribution in [-0.4, -0.2) is 27.4 Å². The Balaban J connectivity index is 3.09. The fourth-order valence-corrected chi connectivity index (χ4v) is 2.62. The molecule has 108 valence electrons. The number of carbonyl (C=O) groups is 1. The lowest BCUT2D eigenvalue weighted by Gasteiger charge is -2.29. The van der Waals surface area contributed by atoms with Gasteiger partial charge in [-0.2, -0.15) is 5.10 Å². The van der Waals surface area contributed by atoms with Gasteiger partial charge in [-0.15, -0.1) is 0 Å². The Labute approximate surface area is 114 Å². The third-order valence-corrected chi connectivity index (χ3v) is 3.45. The van der Waals surface area contributed by atoms with Gasteiger partial charge in [0, 0.05) is 25.2 Å². The van der Waals surface area contributed by atoms with Crippen molar-refractivity contribution in [2.24, 2.45) is 17.1 Å². The van der Waals surface area contributed by atoms with Gasteiger partial charge in [0.1, 0.15) is 0 Å². The van der Waals surface area contributed by atoms with E-state index in [0.717, 1.165) is 17.9 Å². The number of hydrogen-bond donors (Lipinski definition) is 2. The first-order valence-electron chi connectivity index (χ1n) is 6.81. The Bertz CT molecular complexity index is 440. The second kappa shape index (κ2) is 6.19. The van der Waals surface area contributed by atoms with Crippen LogP contribution in [0.2, 0.25) is 0 Å². The molecule has 1 heterocycles. The summed E-state index contributed by atoms with van der Waals surface area (Å²) >= 11 is 0. The van der Waals surface area contributed by atoms with Crippen molar-refractivity contribution in [3.8, 4) is 0 Å². The predicted octanol–water partition coefficient (Wildman–Crippen LogP) is 1.83. The summed E-state index contributed by atoms with van der Waals surface area (Å²) in [5, 5.41) is 14.0. The quantitative estimate of drug-likeness (QED) is 0.789. The van der Waals surface area contributed by atoms with Crippen LogP contribution in [-0.2, 0) is 17.8 Å². The third-order valence-electron chi connectivity index (χ3n) is 3.45. The Morgan fingerprint density at radius 2 is 2.21 bits per heavy atom. The number of carboxylic acid groups (broad SMARTS) is 1.